The summed E-state index contributed by atoms with van der Waals surface area (Å²) in [6.07, 6.45) is 5.29. The summed E-state index contributed by atoms with van der Waals surface area (Å²) in [6.45, 7) is 6.70. The maximum atomic E-state index is 5.71. The topological polar surface area (TPSA) is 30.5 Å². The van der Waals surface area contributed by atoms with Crippen molar-refractivity contribution in [1.29, 1.82) is 0 Å². The largest absolute Gasteiger partial charge is 0.427 e. The van der Waals surface area contributed by atoms with Crippen molar-refractivity contribution in [1.82, 2.24) is 4.98 Å². The Morgan fingerprint density at radius 3 is 2.12 bits per heavy atom. The van der Waals surface area contributed by atoms with Gasteiger partial charge in [0.15, 0.2) is 0 Å². The standard InChI is InChI=1S/C12H27NO2Si/c1-10(2)16(14-4,15-5)13-12-9-7-6-8-11(12)3/h10-13H,6-9H2,1-5H3. The summed E-state index contributed by atoms with van der Waals surface area (Å²) in [6, 6.07) is 0.572. The first-order valence-electron chi connectivity index (χ1n) is 6.43. The molecule has 3 nitrogen and oxygen atoms in total. The van der Waals surface area contributed by atoms with Crippen LogP contribution in [0.15, 0.2) is 0 Å². The lowest BCUT2D eigenvalue weighted by Crippen LogP contribution is -2.62. The highest BCUT2D eigenvalue weighted by Gasteiger charge is 2.43. The summed E-state index contributed by atoms with van der Waals surface area (Å²) in [7, 11) is 1.35. The molecule has 0 amide bonds. The predicted molar refractivity (Wildman–Crippen MR) is 69.4 cm³/mol. The zero-order chi connectivity index (χ0) is 12.2. The van der Waals surface area contributed by atoms with Gasteiger partial charge in [-0.15, -0.1) is 0 Å². The minimum atomic E-state index is -2.20. The van der Waals surface area contributed by atoms with Gasteiger partial charge in [-0.05, 0) is 18.8 Å². The normalized spacial score (nSPS) is 27.4. The Morgan fingerprint density at radius 1 is 1.12 bits per heavy atom. The molecule has 1 rings (SSSR count). The van der Waals surface area contributed by atoms with Crippen LogP contribution in [0.4, 0.5) is 0 Å². The van der Waals surface area contributed by atoms with Gasteiger partial charge in [-0.2, -0.15) is 0 Å². The van der Waals surface area contributed by atoms with Crippen LogP contribution in [0.1, 0.15) is 46.5 Å². The molecule has 0 aromatic rings. The van der Waals surface area contributed by atoms with Crippen LogP contribution in [0.2, 0.25) is 5.54 Å². The second-order valence-electron chi connectivity index (χ2n) is 5.24. The SMILES string of the molecule is CO[Si](NC1CCCCC1C)(OC)C(C)C. The summed E-state index contributed by atoms with van der Waals surface area (Å²) < 4.78 is 11.4. The molecular formula is C12H27NO2Si. The molecule has 96 valence electrons. The van der Waals surface area contributed by atoms with Gasteiger partial charge in [0.25, 0.3) is 0 Å². The molecule has 2 atom stereocenters. The van der Waals surface area contributed by atoms with E-state index in [0.29, 0.717) is 11.6 Å². The molecule has 0 aromatic heterocycles. The predicted octanol–water partition coefficient (Wildman–Crippen LogP) is 2.80. The number of hydrogen-bond donors (Lipinski definition) is 1. The van der Waals surface area contributed by atoms with Crippen LogP contribution in [0.25, 0.3) is 0 Å². The van der Waals surface area contributed by atoms with Crippen LogP contribution in [0.5, 0.6) is 0 Å². The van der Waals surface area contributed by atoms with E-state index in [2.05, 4.69) is 25.8 Å². The highest BCUT2D eigenvalue weighted by atomic mass is 28.4. The monoisotopic (exact) mass is 245 g/mol. The molecule has 2 unspecified atom stereocenters. The Morgan fingerprint density at radius 2 is 1.69 bits per heavy atom. The lowest BCUT2D eigenvalue weighted by molar-refractivity contribution is 0.192. The van der Waals surface area contributed by atoms with Crippen LogP contribution >= 0.6 is 0 Å². The van der Waals surface area contributed by atoms with E-state index in [1.165, 1.54) is 25.7 Å². The average Bonchev–Trinajstić information content (AvgIpc) is 2.28. The van der Waals surface area contributed by atoms with Gasteiger partial charge < -0.3 is 8.85 Å². The van der Waals surface area contributed by atoms with Crippen LogP contribution in [0.3, 0.4) is 0 Å². The van der Waals surface area contributed by atoms with Crippen molar-refractivity contribution in [2.45, 2.75) is 58.0 Å². The van der Waals surface area contributed by atoms with E-state index >= 15 is 0 Å². The van der Waals surface area contributed by atoms with Gasteiger partial charge in [-0.25, -0.2) is 0 Å². The minimum Gasteiger partial charge on any atom is -0.386 e. The smallest absolute Gasteiger partial charge is 0.386 e. The molecule has 0 heterocycles. The maximum Gasteiger partial charge on any atom is 0.427 e. The Bertz CT molecular complexity index is 207. The first kappa shape index (κ1) is 14.2. The van der Waals surface area contributed by atoms with Crippen molar-refractivity contribution >= 4 is 8.72 Å². The van der Waals surface area contributed by atoms with Gasteiger partial charge in [0, 0.05) is 25.8 Å². The molecule has 16 heavy (non-hydrogen) atoms. The zero-order valence-corrected chi connectivity index (χ0v) is 12.4. The third-order valence-corrected chi connectivity index (χ3v) is 7.37. The molecule has 0 spiro atoms. The third-order valence-electron chi connectivity index (χ3n) is 3.86. The highest BCUT2D eigenvalue weighted by molar-refractivity contribution is 6.66. The minimum absolute atomic E-state index is 0.427. The number of nitrogens with one attached hydrogen (secondary N) is 1. The molecule has 1 N–H and O–H groups in total. The van der Waals surface area contributed by atoms with Crippen molar-refractivity contribution in [2.24, 2.45) is 5.92 Å². The van der Waals surface area contributed by atoms with E-state index in [9.17, 15) is 0 Å². The van der Waals surface area contributed by atoms with Gasteiger partial charge in [0.2, 0.25) is 0 Å². The summed E-state index contributed by atoms with van der Waals surface area (Å²) in [5, 5.41) is 0. The molecule has 1 aliphatic carbocycles. The highest BCUT2D eigenvalue weighted by Crippen LogP contribution is 2.28. The van der Waals surface area contributed by atoms with Crippen molar-refractivity contribution in [3.8, 4) is 0 Å². The van der Waals surface area contributed by atoms with Crippen molar-refractivity contribution in [2.75, 3.05) is 14.2 Å². The van der Waals surface area contributed by atoms with Crippen LogP contribution in [-0.2, 0) is 8.85 Å². The van der Waals surface area contributed by atoms with Gasteiger partial charge in [-0.1, -0.05) is 33.6 Å². The van der Waals surface area contributed by atoms with E-state index in [-0.39, 0.29) is 0 Å². The van der Waals surface area contributed by atoms with Gasteiger partial charge >= 0.3 is 8.72 Å². The van der Waals surface area contributed by atoms with Crippen molar-refractivity contribution < 1.29 is 8.85 Å². The molecule has 1 saturated carbocycles. The zero-order valence-electron chi connectivity index (χ0n) is 11.4. The Balaban J connectivity index is 2.66. The lowest BCUT2D eigenvalue weighted by Gasteiger charge is -2.39. The third kappa shape index (κ3) is 3.06. The Labute approximate surface area is 101 Å². The van der Waals surface area contributed by atoms with E-state index in [0.717, 1.165) is 5.92 Å². The fraction of sp³-hybridized carbons (Fsp3) is 1.00. The number of hydrogen-bond acceptors (Lipinski definition) is 3. The van der Waals surface area contributed by atoms with Crippen molar-refractivity contribution in [3.63, 3.8) is 0 Å². The molecule has 4 heteroatoms. The number of rotatable bonds is 5. The van der Waals surface area contributed by atoms with Gasteiger partial charge in [0.1, 0.15) is 0 Å². The van der Waals surface area contributed by atoms with Gasteiger partial charge in [0.05, 0.1) is 0 Å². The van der Waals surface area contributed by atoms with E-state index < -0.39 is 8.72 Å². The molecule has 0 radical (unpaired) electrons. The van der Waals surface area contributed by atoms with E-state index in [1.54, 1.807) is 14.2 Å². The molecule has 0 aliphatic heterocycles. The first-order valence-corrected chi connectivity index (χ1v) is 8.33. The van der Waals surface area contributed by atoms with Gasteiger partial charge in [-0.3, -0.25) is 4.98 Å². The van der Waals surface area contributed by atoms with E-state index in [4.69, 9.17) is 8.85 Å². The maximum absolute atomic E-state index is 5.71. The molecule has 1 aliphatic rings. The summed E-state index contributed by atoms with van der Waals surface area (Å²) in [4.78, 5) is 3.71. The fourth-order valence-electron chi connectivity index (χ4n) is 2.63. The average molecular weight is 245 g/mol. The second-order valence-corrected chi connectivity index (χ2v) is 8.84. The molecule has 1 fully saturated rings. The Hall–Kier alpha value is 0.0969. The van der Waals surface area contributed by atoms with Crippen LogP contribution < -0.4 is 4.98 Å². The summed E-state index contributed by atoms with van der Waals surface area (Å²) >= 11 is 0. The lowest BCUT2D eigenvalue weighted by atomic mass is 9.87. The second kappa shape index (κ2) is 6.14. The molecular weight excluding hydrogens is 218 g/mol. The fourth-order valence-corrected chi connectivity index (χ4v) is 5.25. The molecule has 0 bridgehead atoms. The summed E-state index contributed by atoms with van der Waals surface area (Å²) in [5.41, 5.74) is 0.427. The first-order chi connectivity index (χ1) is 7.55. The van der Waals surface area contributed by atoms with Crippen LogP contribution in [-0.4, -0.2) is 29.0 Å². The molecule has 0 saturated heterocycles. The van der Waals surface area contributed by atoms with Crippen molar-refractivity contribution in [3.05, 3.63) is 0 Å². The van der Waals surface area contributed by atoms with E-state index in [1.807, 2.05) is 0 Å². The van der Waals surface area contributed by atoms with Crippen LogP contribution in [0, 0.1) is 5.92 Å². The Kier molecular flexibility index (Phi) is 5.44. The molecule has 0 aromatic carbocycles. The quantitative estimate of drug-likeness (QED) is 0.756. The summed E-state index contributed by atoms with van der Waals surface area (Å²) in [5.74, 6) is 0.740.